The lowest BCUT2D eigenvalue weighted by molar-refractivity contribution is 0.216. The number of urea groups is 1. The molecule has 1 saturated carbocycles. The number of pyridine rings is 1. The topological polar surface area (TPSA) is 97.7 Å². The summed E-state index contributed by atoms with van der Waals surface area (Å²) in [7, 11) is 1.46. The van der Waals surface area contributed by atoms with E-state index in [9.17, 15) is 4.79 Å². The van der Waals surface area contributed by atoms with E-state index < -0.39 is 6.03 Å². The molecule has 1 aliphatic carbocycles. The maximum absolute atomic E-state index is 12.2. The number of rotatable bonds is 6. The molecule has 0 unspecified atom stereocenters. The Morgan fingerprint density at radius 3 is 2.56 bits per heavy atom. The Morgan fingerprint density at radius 2 is 1.93 bits per heavy atom. The van der Waals surface area contributed by atoms with Crippen LogP contribution in [0, 0.1) is 0 Å². The Balaban J connectivity index is 1.89. The van der Waals surface area contributed by atoms with E-state index in [4.69, 9.17) is 16.4 Å². The van der Waals surface area contributed by atoms with Crippen LogP contribution in [0.1, 0.15) is 55.3 Å². The second kappa shape index (κ2) is 7.94. The fourth-order valence-corrected chi connectivity index (χ4v) is 3.00. The van der Waals surface area contributed by atoms with E-state index in [2.05, 4.69) is 24.9 Å². The lowest BCUT2D eigenvalue weighted by atomic mass is 10.0. The highest BCUT2D eigenvalue weighted by Gasteiger charge is 2.29. The van der Waals surface area contributed by atoms with E-state index in [1.165, 1.54) is 7.05 Å². The Labute approximate surface area is 159 Å². The molecule has 0 saturated heterocycles. The number of anilines is 1. The molecule has 1 heterocycles. The maximum atomic E-state index is 12.2. The zero-order valence-corrected chi connectivity index (χ0v) is 16.1. The van der Waals surface area contributed by atoms with Crippen LogP contribution in [0.25, 0.3) is 0 Å². The molecular formula is C20H27N5O2. The van der Waals surface area contributed by atoms with Crippen molar-refractivity contribution in [3.05, 3.63) is 53.2 Å². The number of carbonyl (C=O) groups excluding carboxylic acids is 1. The lowest BCUT2D eigenvalue weighted by Gasteiger charge is -2.24. The van der Waals surface area contributed by atoms with E-state index in [1.54, 1.807) is 0 Å². The number of amides is 2. The van der Waals surface area contributed by atoms with Gasteiger partial charge >= 0.3 is 6.03 Å². The summed E-state index contributed by atoms with van der Waals surface area (Å²) < 4.78 is 5.98. The van der Waals surface area contributed by atoms with Crippen molar-refractivity contribution in [2.75, 3.05) is 12.1 Å². The van der Waals surface area contributed by atoms with Crippen LogP contribution in [0.5, 0.6) is 5.88 Å². The van der Waals surface area contributed by atoms with Crippen LogP contribution >= 0.6 is 0 Å². The maximum Gasteiger partial charge on any atom is 0.352 e. The minimum absolute atomic E-state index is 0.284. The largest absolute Gasteiger partial charge is 0.473 e. The zero-order valence-electron chi connectivity index (χ0n) is 16.1. The van der Waals surface area contributed by atoms with Gasteiger partial charge in [0.2, 0.25) is 5.88 Å². The molecule has 1 aromatic heterocycles. The molecule has 3 rings (SSSR count). The van der Waals surface area contributed by atoms with Crippen LogP contribution in [0.2, 0.25) is 0 Å². The van der Waals surface area contributed by atoms with Crippen molar-refractivity contribution in [3.63, 3.8) is 0 Å². The van der Waals surface area contributed by atoms with E-state index in [0.29, 0.717) is 23.4 Å². The average molecular weight is 369 g/mol. The van der Waals surface area contributed by atoms with Crippen LogP contribution in [0.15, 0.2) is 36.4 Å². The van der Waals surface area contributed by atoms with Gasteiger partial charge in [-0.05, 0) is 42.4 Å². The number of benzene rings is 1. The van der Waals surface area contributed by atoms with E-state index >= 15 is 0 Å². The van der Waals surface area contributed by atoms with Crippen LogP contribution in [0.3, 0.4) is 0 Å². The molecular weight excluding hydrogens is 342 g/mol. The van der Waals surface area contributed by atoms with Crippen LogP contribution in [-0.4, -0.2) is 23.1 Å². The standard InChI is InChI=1S/C20H27N5O2/c1-13(2)17-7-5-9-19(23-17)27-12-16-15(14-10-11-14)6-4-8-18(16)25(22)20(26)24(3)21/h4-9,13-14H,10-12,21-22H2,1-3H3. The van der Waals surface area contributed by atoms with Crippen molar-refractivity contribution in [1.29, 1.82) is 0 Å². The second-order valence-electron chi connectivity index (χ2n) is 7.23. The van der Waals surface area contributed by atoms with Crippen LogP contribution in [-0.2, 0) is 6.61 Å². The number of nitrogens with zero attached hydrogens (tertiary/aromatic N) is 3. The average Bonchev–Trinajstić information content (AvgIpc) is 3.50. The van der Waals surface area contributed by atoms with Crippen molar-refractivity contribution in [2.24, 2.45) is 11.7 Å². The van der Waals surface area contributed by atoms with Crippen molar-refractivity contribution >= 4 is 11.7 Å². The van der Waals surface area contributed by atoms with Gasteiger partial charge in [0.15, 0.2) is 0 Å². The molecule has 1 fully saturated rings. The fraction of sp³-hybridized carbons (Fsp3) is 0.400. The molecule has 7 nitrogen and oxygen atoms in total. The predicted octanol–water partition coefficient (Wildman–Crippen LogP) is 3.27. The summed E-state index contributed by atoms with van der Waals surface area (Å²) >= 11 is 0. The first-order valence-electron chi connectivity index (χ1n) is 9.17. The molecule has 0 radical (unpaired) electrons. The summed E-state index contributed by atoms with van der Waals surface area (Å²) in [5.41, 5.74) is 3.63. The molecule has 0 atom stereocenters. The minimum atomic E-state index is -0.496. The summed E-state index contributed by atoms with van der Waals surface area (Å²) in [5, 5.41) is 2.03. The SMILES string of the molecule is CC(C)c1cccc(OCc2c(C3CC3)cccc2N(N)C(=O)N(C)N)n1. The van der Waals surface area contributed by atoms with Gasteiger partial charge in [0, 0.05) is 24.4 Å². The number of hydrogen-bond donors (Lipinski definition) is 2. The molecule has 2 amide bonds. The van der Waals surface area contributed by atoms with Gasteiger partial charge < -0.3 is 4.74 Å². The lowest BCUT2D eigenvalue weighted by Crippen LogP contribution is -2.49. The van der Waals surface area contributed by atoms with E-state index in [-0.39, 0.29) is 6.61 Å². The Hall–Kier alpha value is -2.64. The molecule has 4 N–H and O–H groups in total. The smallest absolute Gasteiger partial charge is 0.352 e. The number of aromatic nitrogens is 1. The summed E-state index contributed by atoms with van der Waals surface area (Å²) in [6, 6.07) is 11.1. The van der Waals surface area contributed by atoms with Crippen LogP contribution < -0.4 is 21.4 Å². The molecule has 1 aliphatic rings. The second-order valence-corrected chi connectivity index (χ2v) is 7.23. The van der Waals surface area contributed by atoms with Gasteiger partial charge in [-0.1, -0.05) is 32.0 Å². The number of carbonyl (C=O) groups is 1. The zero-order chi connectivity index (χ0) is 19.6. The molecule has 144 valence electrons. The molecule has 2 aromatic rings. The summed E-state index contributed by atoms with van der Waals surface area (Å²) in [6.07, 6.45) is 2.26. The third-order valence-corrected chi connectivity index (χ3v) is 4.67. The Morgan fingerprint density at radius 1 is 1.22 bits per heavy atom. The van der Waals surface area contributed by atoms with E-state index in [1.807, 2.05) is 30.3 Å². The van der Waals surface area contributed by atoms with Gasteiger partial charge in [0.1, 0.15) is 6.61 Å². The molecule has 7 heteroatoms. The first-order chi connectivity index (χ1) is 12.9. The third kappa shape index (κ3) is 4.37. The van der Waals surface area contributed by atoms with Crippen molar-refractivity contribution in [2.45, 2.75) is 45.1 Å². The van der Waals surface area contributed by atoms with Gasteiger partial charge in [0.25, 0.3) is 0 Å². The third-order valence-electron chi connectivity index (χ3n) is 4.67. The van der Waals surface area contributed by atoms with Crippen LogP contribution in [0.4, 0.5) is 10.5 Å². The first-order valence-corrected chi connectivity index (χ1v) is 9.17. The minimum Gasteiger partial charge on any atom is -0.473 e. The quantitative estimate of drug-likeness (QED) is 0.463. The molecule has 0 bridgehead atoms. The number of ether oxygens (including phenoxy) is 1. The number of hydrazine groups is 2. The highest BCUT2D eigenvalue weighted by molar-refractivity contribution is 5.91. The van der Waals surface area contributed by atoms with Gasteiger partial charge in [-0.2, -0.15) is 0 Å². The van der Waals surface area contributed by atoms with Gasteiger partial charge in [-0.15, -0.1) is 0 Å². The Kier molecular flexibility index (Phi) is 5.62. The summed E-state index contributed by atoms with van der Waals surface area (Å²) in [4.78, 5) is 16.8. The Bertz CT molecular complexity index is 818. The molecule has 0 spiro atoms. The molecule has 1 aromatic carbocycles. The number of hydrogen-bond acceptors (Lipinski definition) is 5. The van der Waals surface area contributed by atoms with Gasteiger partial charge in [0.05, 0.1) is 5.69 Å². The molecule has 0 aliphatic heterocycles. The molecule has 27 heavy (non-hydrogen) atoms. The first kappa shape index (κ1) is 19.1. The van der Waals surface area contributed by atoms with Crippen molar-refractivity contribution in [3.8, 4) is 5.88 Å². The number of nitrogens with two attached hydrogens (primary N) is 2. The summed E-state index contributed by atoms with van der Waals surface area (Å²) in [6.45, 7) is 4.47. The van der Waals surface area contributed by atoms with Gasteiger partial charge in [-0.3, -0.25) is 5.01 Å². The normalized spacial score (nSPS) is 13.6. The van der Waals surface area contributed by atoms with E-state index in [0.717, 1.165) is 39.7 Å². The predicted molar refractivity (Wildman–Crippen MR) is 105 cm³/mol. The monoisotopic (exact) mass is 369 g/mol. The van der Waals surface area contributed by atoms with Crippen molar-refractivity contribution in [1.82, 2.24) is 9.99 Å². The van der Waals surface area contributed by atoms with Crippen molar-refractivity contribution < 1.29 is 9.53 Å². The fourth-order valence-electron chi connectivity index (χ4n) is 3.00. The summed E-state index contributed by atoms with van der Waals surface area (Å²) in [5.74, 6) is 13.0. The highest BCUT2D eigenvalue weighted by atomic mass is 16.5. The highest BCUT2D eigenvalue weighted by Crippen LogP contribution is 2.43. The van der Waals surface area contributed by atoms with Gasteiger partial charge in [-0.25, -0.2) is 26.5 Å².